The lowest BCUT2D eigenvalue weighted by molar-refractivity contribution is 0.118. The van der Waals surface area contributed by atoms with E-state index in [1.54, 1.807) is 0 Å². The Labute approximate surface area is 70.1 Å². The van der Waals surface area contributed by atoms with Crippen LogP contribution in [0.1, 0.15) is 33.6 Å². The van der Waals surface area contributed by atoms with Gasteiger partial charge in [0.25, 0.3) is 0 Å². The number of rotatable bonds is 6. The normalized spacial score (nSPS) is 13.9. The van der Waals surface area contributed by atoms with Gasteiger partial charge in [-0.25, -0.2) is 0 Å². The number of nitrogens with two attached hydrogens (primary N) is 1. The van der Waals surface area contributed by atoms with Crippen LogP contribution in [0.3, 0.4) is 0 Å². The van der Waals surface area contributed by atoms with Crippen LogP contribution >= 0.6 is 0 Å². The molecule has 2 heteroatoms. The molecule has 2 N–H and O–H groups in total. The zero-order chi connectivity index (χ0) is 8.69. The summed E-state index contributed by atoms with van der Waals surface area (Å²) in [6, 6.07) is 0.272. The molecule has 0 aromatic heterocycles. The first-order chi connectivity index (χ1) is 5.13. The lowest BCUT2D eigenvalue weighted by Gasteiger charge is -2.07. The Kier molecular flexibility index (Phi) is 6.57. The Morgan fingerprint density at radius 2 is 1.64 bits per heavy atom. The maximum Gasteiger partial charge on any atom is 0.0480 e. The van der Waals surface area contributed by atoms with Crippen molar-refractivity contribution in [1.29, 1.82) is 0 Å². The fourth-order valence-corrected chi connectivity index (χ4v) is 0.690. The topological polar surface area (TPSA) is 35.2 Å². The molecule has 2 nitrogen and oxygen atoms in total. The summed E-state index contributed by atoms with van der Waals surface area (Å²) in [7, 11) is 0. The molecule has 0 aliphatic rings. The van der Waals surface area contributed by atoms with E-state index in [9.17, 15) is 0 Å². The van der Waals surface area contributed by atoms with Crippen LogP contribution in [-0.4, -0.2) is 19.3 Å². The molecule has 0 heterocycles. The summed E-state index contributed by atoms with van der Waals surface area (Å²) in [5.74, 6) is 0.741. The first-order valence-corrected chi connectivity index (χ1v) is 4.46. The van der Waals surface area contributed by atoms with Crippen LogP contribution in [0.15, 0.2) is 0 Å². The highest BCUT2D eigenvalue weighted by Gasteiger charge is 1.95. The van der Waals surface area contributed by atoms with E-state index in [1.165, 1.54) is 0 Å². The first kappa shape index (κ1) is 10.9. The van der Waals surface area contributed by atoms with Gasteiger partial charge >= 0.3 is 0 Å². The number of hydrogen-bond donors (Lipinski definition) is 1. The third kappa shape index (κ3) is 9.92. The highest BCUT2D eigenvalue weighted by molar-refractivity contribution is 4.51. The Morgan fingerprint density at radius 3 is 2.09 bits per heavy atom. The molecule has 68 valence electrons. The van der Waals surface area contributed by atoms with Crippen LogP contribution < -0.4 is 5.73 Å². The Bertz CT molecular complexity index is 71.6. The predicted molar refractivity (Wildman–Crippen MR) is 48.5 cm³/mol. The molecule has 1 unspecified atom stereocenters. The van der Waals surface area contributed by atoms with Crippen molar-refractivity contribution in [3.8, 4) is 0 Å². The van der Waals surface area contributed by atoms with Gasteiger partial charge in [0.2, 0.25) is 0 Å². The summed E-state index contributed by atoms with van der Waals surface area (Å²) >= 11 is 0. The summed E-state index contributed by atoms with van der Waals surface area (Å²) in [4.78, 5) is 0. The van der Waals surface area contributed by atoms with Gasteiger partial charge < -0.3 is 10.5 Å². The minimum Gasteiger partial charge on any atom is -0.381 e. The lowest BCUT2D eigenvalue weighted by atomic mass is 10.1. The molecule has 0 saturated heterocycles. The van der Waals surface area contributed by atoms with Crippen LogP contribution in [0.4, 0.5) is 0 Å². The first-order valence-electron chi connectivity index (χ1n) is 4.46. The smallest absolute Gasteiger partial charge is 0.0480 e. The number of ether oxygens (including phenoxy) is 1. The SMILES string of the molecule is CC(C)CCOCCC(C)N. The van der Waals surface area contributed by atoms with Crippen LogP contribution in [-0.2, 0) is 4.74 Å². The van der Waals surface area contributed by atoms with Crippen LogP contribution in [0.25, 0.3) is 0 Å². The van der Waals surface area contributed by atoms with Gasteiger partial charge in [0.15, 0.2) is 0 Å². The molecule has 1 atom stereocenters. The van der Waals surface area contributed by atoms with Crippen molar-refractivity contribution < 1.29 is 4.74 Å². The summed E-state index contributed by atoms with van der Waals surface area (Å²) in [5, 5.41) is 0. The highest BCUT2D eigenvalue weighted by Crippen LogP contribution is 1.99. The molecule has 0 aromatic carbocycles. The average Bonchev–Trinajstić information content (AvgIpc) is 1.85. The molecule has 0 fully saturated rings. The molecule has 0 rings (SSSR count). The summed E-state index contributed by atoms with van der Waals surface area (Å²) in [6.45, 7) is 8.10. The second kappa shape index (κ2) is 6.62. The van der Waals surface area contributed by atoms with Crippen molar-refractivity contribution in [2.75, 3.05) is 13.2 Å². The van der Waals surface area contributed by atoms with E-state index in [2.05, 4.69) is 13.8 Å². The second-order valence-electron chi connectivity index (χ2n) is 3.56. The maximum atomic E-state index is 5.55. The molecule has 0 bridgehead atoms. The minimum absolute atomic E-state index is 0.272. The summed E-state index contributed by atoms with van der Waals surface area (Å²) < 4.78 is 5.38. The molecule has 11 heavy (non-hydrogen) atoms. The highest BCUT2D eigenvalue weighted by atomic mass is 16.5. The second-order valence-corrected chi connectivity index (χ2v) is 3.56. The van der Waals surface area contributed by atoms with Gasteiger partial charge in [0.1, 0.15) is 0 Å². The molecular formula is C9H21NO. The Hall–Kier alpha value is -0.0800. The molecule has 0 aromatic rings. The summed E-state index contributed by atoms with van der Waals surface area (Å²) in [5.41, 5.74) is 5.55. The van der Waals surface area contributed by atoms with Gasteiger partial charge in [0.05, 0.1) is 0 Å². The quantitative estimate of drug-likeness (QED) is 0.600. The number of hydrogen-bond acceptors (Lipinski definition) is 2. The fraction of sp³-hybridized carbons (Fsp3) is 1.00. The van der Waals surface area contributed by atoms with Crippen molar-refractivity contribution in [3.05, 3.63) is 0 Å². The molecule has 0 spiro atoms. The molecule has 0 saturated carbocycles. The molecular weight excluding hydrogens is 138 g/mol. The molecule has 0 radical (unpaired) electrons. The van der Waals surface area contributed by atoms with Gasteiger partial charge in [0, 0.05) is 19.3 Å². The minimum atomic E-state index is 0.272. The predicted octanol–water partition coefficient (Wildman–Crippen LogP) is 1.79. The lowest BCUT2D eigenvalue weighted by Crippen LogP contribution is -2.17. The average molecular weight is 159 g/mol. The van der Waals surface area contributed by atoms with E-state index in [-0.39, 0.29) is 6.04 Å². The van der Waals surface area contributed by atoms with E-state index < -0.39 is 0 Å². The van der Waals surface area contributed by atoms with E-state index in [0.717, 1.165) is 32.0 Å². The fourth-order valence-electron chi connectivity index (χ4n) is 0.690. The van der Waals surface area contributed by atoms with Crippen molar-refractivity contribution in [2.24, 2.45) is 11.7 Å². The van der Waals surface area contributed by atoms with Crippen molar-refractivity contribution in [1.82, 2.24) is 0 Å². The van der Waals surface area contributed by atoms with Gasteiger partial charge in [-0.2, -0.15) is 0 Å². The van der Waals surface area contributed by atoms with Gasteiger partial charge in [-0.3, -0.25) is 0 Å². The zero-order valence-corrected chi connectivity index (χ0v) is 7.97. The molecule has 0 amide bonds. The van der Waals surface area contributed by atoms with Gasteiger partial charge in [-0.05, 0) is 25.7 Å². The molecule has 0 aliphatic carbocycles. The van der Waals surface area contributed by atoms with E-state index in [4.69, 9.17) is 10.5 Å². The third-order valence-electron chi connectivity index (χ3n) is 1.56. The maximum absolute atomic E-state index is 5.55. The Morgan fingerprint density at radius 1 is 1.09 bits per heavy atom. The van der Waals surface area contributed by atoms with Gasteiger partial charge in [-0.1, -0.05) is 13.8 Å². The van der Waals surface area contributed by atoms with E-state index in [0.29, 0.717) is 0 Å². The third-order valence-corrected chi connectivity index (χ3v) is 1.56. The molecule has 0 aliphatic heterocycles. The monoisotopic (exact) mass is 159 g/mol. The standard InChI is InChI=1S/C9H21NO/c1-8(2)4-6-11-7-5-9(3)10/h8-9H,4-7,10H2,1-3H3. The van der Waals surface area contributed by atoms with Crippen LogP contribution in [0.5, 0.6) is 0 Å². The zero-order valence-electron chi connectivity index (χ0n) is 7.97. The van der Waals surface area contributed by atoms with Crippen LogP contribution in [0, 0.1) is 5.92 Å². The Balaban J connectivity index is 2.91. The van der Waals surface area contributed by atoms with Gasteiger partial charge in [-0.15, -0.1) is 0 Å². The van der Waals surface area contributed by atoms with E-state index >= 15 is 0 Å². The van der Waals surface area contributed by atoms with E-state index in [1.807, 2.05) is 6.92 Å². The largest absolute Gasteiger partial charge is 0.381 e. The van der Waals surface area contributed by atoms with Crippen molar-refractivity contribution in [2.45, 2.75) is 39.7 Å². The van der Waals surface area contributed by atoms with Crippen LogP contribution in [0.2, 0.25) is 0 Å². The summed E-state index contributed by atoms with van der Waals surface area (Å²) in [6.07, 6.45) is 2.12. The van der Waals surface area contributed by atoms with Crippen molar-refractivity contribution in [3.63, 3.8) is 0 Å². The van der Waals surface area contributed by atoms with Crippen molar-refractivity contribution >= 4 is 0 Å².